The Kier molecular flexibility index (Phi) is 7.65. The lowest BCUT2D eigenvalue weighted by Crippen LogP contribution is -2.55. The zero-order valence-electron chi connectivity index (χ0n) is 18.7. The van der Waals surface area contributed by atoms with Crippen LogP contribution in [-0.2, 0) is 4.79 Å². The predicted octanol–water partition coefficient (Wildman–Crippen LogP) is 4.00. The van der Waals surface area contributed by atoms with E-state index in [1.54, 1.807) is 24.3 Å². The fourth-order valence-electron chi connectivity index (χ4n) is 4.76. The fourth-order valence-corrected chi connectivity index (χ4v) is 4.98. The molecule has 6 nitrogen and oxygen atoms in total. The van der Waals surface area contributed by atoms with Gasteiger partial charge in [-0.2, -0.15) is 0 Å². The lowest BCUT2D eigenvalue weighted by molar-refractivity contribution is -0.136. The quantitative estimate of drug-likeness (QED) is 0.722. The lowest BCUT2D eigenvalue weighted by atomic mass is 9.87. The summed E-state index contributed by atoms with van der Waals surface area (Å²) in [6, 6.07) is 15.5. The largest absolute Gasteiger partial charge is 0.341 e. The molecule has 2 saturated heterocycles. The fraction of sp³-hybridized carbons (Fsp3) is 0.423. The van der Waals surface area contributed by atoms with E-state index in [1.165, 1.54) is 0 Å². The summed E-state index contributed by atoms with van der Waals surface area (Å²) in [7, 11) is 0. The van der Waals surface area contributed by atoms with Gasteiger partial charge in [-0.25, -0.2) is 0 Å². The second-order valence-electron chi connectivity index (χ2n) is 8.81. The van der Waals surface area contributed by atoms with Gasteiger partial charge in [0.15, 0.2) is 0 Å². The highest BCUT2D eigenvalue weighted by Gasteiger charge is 2.36. The van der Waals surface area contributed by atoms with Crippen molar-refractivity contribution in [3.05, 3.63) is 70.7 Å². The molecule has 2 aliphatic heterocycles. The smallest absolute Gasteiger partial charge is 0.253 e. The Morgan fingerprint density at radius 3 is 2.12 bits per heavy atom. The Bertz CT molecular complexity index is 983. The summed E-state index contributed by atoms with van der Waals surface area (Å²) in [6.07, 6.45) is 4.42. The maximum absolute atomic E-state index is 13.5. The summed E-state index contributed by atoms with van der Waals surface area (Å²) in [4.78, 5) is 43.1. The molecule has 0 bridgehead atoms. The summed E-state index contributed by atoms with van der Waals surface area (Å²) in [6.45, 7) is 2.57. The van der Waals surface area contributed by atoms with Crippen LogP contribution in [0.15, 0.2) is 54.6 Å². The van der Waals surface area contributed by atoms with Crippen molar-refractivity contribution < 1.29 is 14.4 Å². The second kappa shape index (κ2) is 10.8. The number of hydrogen-bond acceptors (Lipinski definition) is 3. The number of benzene rings is 2. The molecule has 33 heavy (non-hydrogen) atoms. The van der Waals surface area contributed by atoms with E-state index >= 15 is 0 Å². The zero-order valence-corrected chi connectivity index (χ0v) is 19.5. The standard InChI is InChI=1S/C26H30ClN3O3/c27-22-12-6-5-11-21(22)24(31)28-23(26(33)29-15-7-2-8-16-29)19-13-17-30(18-14-19)25(32)20-9-3-1-4-10-20/h1,3-6,9-12,19,23H,2,7-8,13-18H2,(H,28,31)/t23-/m0/s1. The van der Waals surface area contributed by atoms with Crippen molar-refractivity contribution in [3.63, 3.8) is 0 Å². The molecule has 3 amide bonds. The van der Waals surface area contributed by atoms with Crippen LogP contribution >= 0.6 is 11.6 Å². The lowest BCUT2D eigenvalue weighted by Gasteiger charge is -2.38. The first-order valence-corrected chi connectivity index (χ1v) is 12.1. The molecule has 2 fully saturated rings. The molecular weight excluding hydrogens is 438 g/mol. The van der Waals surface area contributed by atoms with Crippen LogP contribution < -0.4 is 5.32 Å². The van der Waals surface area contributed by atoms with Gasteiger partial charge in [0.05, 0.1) is 10.6 Å². The number of amides is 3. The molecule has 2 heterocycles. The van der Waals surface area contributed by atoms with E-state index in [9.17, 15) is 14.4 Å². The molecule has 0 unspecified atom stereocenters. The van der Waals surface area contributed by atoms with Gasteiger partial charge in [0.2, 0.25) is 5.91 Å². The van der Waals surface area contributed by atoms with Gasteiger partial charge >= 0.3 is 0 Å². The van der Waals surface area contributed by atoms with Crippen LogP contribution in [0.2, 0.25) is 5.02 Å². The average Bonchev–Trinajstić information content (AvgIpc) is 2.88. The molecule has 1 N–H and O–H groups in total. The Hall–Kier alpha value is -2.86. The molecule has 4 rings (SSSR count). The van der Waals surface area contributed by atoms with Gasteiger partial charge in [0.25, 0.3) is 11.8 Å². The molecule has 0 spiro atoms. The number of carbonyl (C=O) groups is 3. The highest BCUT2D eigenvalue weighted by Crippen LogP contribution is 2.25. The van der Waals surface area contributed by atoms with Crippen molar-refractivity contribution in [2.24, 2.45) is 5.92 Å². The van der Waals surface area contributed by atoms with Crippen molar-refractivity contribution in [1.82, 2.24) is 15.1 Å². The first-order valence-electron chi connectivity index (χ1n) is 11.7. The molecule has 0 radical (unpaired) electrons. The minimum Gasteiger partial charge on any atom is -0.341 e. The highest BCUT2D eigenvalue weighted by molar-refractivity contribution is 6.33. The van der Waals surface area contributed by atoms with Crippen molar-refractivity contribution in [2.75, 3.05) is 26.2 Å². The molecule has 2 aromatic rings. The van der Waals surface area contributed by atoms with Crippen LogP contribution in [0, 0.1) is 5.92 Å². The minimum atomic E-state index is -0.624. The second-order valence-corrected chi connectivity index (χ2v) is 9.22. The van der Waals surface area contributed by atoms with Crippen LogP contribution in [-0.4, -0.2) is 59.7 Å². The molecule has 7 heteroatoms. The van der Waals surface area contributed by atoms with Gasteiger partial charge in [0.1, 0.15) is 6.04 Å². The molecular formula is C26H30ClN3O3. The third kappa shape index (κ3) is 5.56. The zero-order chi connectivity index (χ0) is 23.2. The average molecular weight is 468 g/mol. The number of likely N-dealkylation sites (tertiary alicyclic amines) is 2. The van der Waals surface area contributed by atoms with Gasteiger partial charge in [-0.1, -0.05) is 41.9 Å². The van der Waals surface area contributed by atoms with Crippen LogP contribution in [0.5, 0.6) is 0 Å². The molecule has 0 aliphatic carbocycles. The van der Waals surface area contributed by atoms with Crippen molar-refractivity contribution >= 4 is 29.3 Å². The van der Waals surface area contributed by atoms with Crippen LogP contribution in [0.3, 0.4) is 0 Å². The number of nitrogens with one attached hydrogen (secondary N) is 1. The summed E-state index contributed by atoms with van der Waals surface area (Å²) < 4.78 is 0. The van der Waals surface area contributed by atoms with Gasteiger partial charge in [0, 0.05) is 31.7 Å². The third-order valence-corrected chi connectivity index (χ3v) is 6.99. The van der Waals surface area contributed by atoms with Gasteiger partial charge in [-0.3, -0.25) is 14.4 Å². The number of piperidine rings is 2. The van der Waals surface area contributed by atoms with E-state index in [1.807, 2.05) is 40.1 Å². The van der Waals surface area contributed by atoms with Crippen LogP contribution in [0.4, 0.5) is 0 Å². The summed E-state index contributed by atoms with van der Waals surface area (Å²) in [5, 5.41) is 3.36. The Labute approximate surface area is 199 Å². The first-order chi connectivity index (χ1) is 16.0. The highest BCUT2D eigenvalue weighted by atomic mass is 35.5. The topological polar surface area (TPSA) is 69.7 Å². The summed E-state index contributed by atoms with van der Waals surface area (Å²) in [5.41, 5.74) is 1.04. The van der Waals surface area contributed by atoms with E-state index in [2.05, 4.69) is 5.32 Å². The molecule has 174 valence electrons. The Morgan fingerprint density at radius 2 is 1.45 bits per heavy atom. The minimum absolute atomic E-state index is 0.00746. The SMILES string of the molecule is O=C(N[C@H](C(=O)N1CCCCC1)C1CCN(C(=O)c2ccccc2)CC1)c1ccccc1Cl. The molecule has 2 aromatic carbocycles. The van der Waals surface area contributed by atoms with Crippen molar-refractivity contribution in [1.29, 1.82) is 0 Å². The Balaban J connectivity index is 1.47. The van der Waals surface area contributed by atoms with E-state index < -0.39 is 6.04 Å². The van der Waals surface area contributed by atoms with E-state index in [-0.39, 0.29) is 23.6 Å². The van der Waals surface area contributed by atoms with Crippen molar-refractivity contribution in [3.8, 4) is 0 Å². The number of halogens is 1. The Morgan fingerprint density at radius 1 is 0.818 bits per heavy atom. The van der Waals surface area contributed by atoms with E-state index in [4.69, 9.17) is 11.6 Å². The normalized spacial score (nSPS) is 18.0. The number of carbonyl (C=O) groups excluding carboxylic acids is 3. The number of hydrogen-bond donors (Lipinski definition) is 1. The number of nitrogens with zero attached hydrogens (tertiary/aromatic N) is 2. The predicted molar refractivity (Wildman–Crippen MR) is 128 cm³/mol. The third-order valence-electron chi connectivity index (χ3n) is 6.66. The van der Waals surface area contributed by atoms with E-state index in [0.29, 0.717) is 42.1 Å². The van der Waals surface area contributed by atoms with Crippen molar-refractivity contribution in [2.45, 2.75) is 38.1 Å². The van der Waals surface area contributed by atoms with Crippen LogP contribution in [0.25, 0.3) is 0 Å². The van der Waals surface area contributed by atoms with Gasteiger partial charge in [-0.05, 0) is 62.3 Å². The van der Waals surface area contributed by atoms with Crippen LogP contribution in [0.1, 0.15) is 52.8 Å². The summed E-state index contributed by atoms with van der Waals surface area (Å²) >= 11 is 6.23. The molecule has 0 aromatic heterocycles. The molecule has 0 saturated carbocycles. The summed E-state index contributed by atoms with van der Waals surface area (Å²) in [5.74, 6) is -0.388. The molecule has 2 aliphatic rings. The van der Waals surface area contributed by atoms with E-state index in [0.717, 1.165) is 32.4 Å². The monoisotopic (exact) mass is 467 g/mol. The first kappa shape index (κ1) is 23.3. The maximum Gasteiger partial charge on any atom is 0.253 e. The molecule has 1 atom stereocenters. The maximum atomic E-state index is 13.5. The number of rotatable bonds is 5. The van der Waals surface area contributed by atoms with Gasteiger partial charge < -0.3 is 15.1 Å². The van der Waals surface area contributed by atoms with Gasteiger partial charge in [-0.15, -0.1) is 0 Å².